The number of aliphatic hydroxyl groups is 2. The smallest absolute Gasteiger partial charge is 0.295 e. The van der Waals surface area contributed by atoms with Gasteiger partial charge in [0.05, 0.1) is 26.4 Å². The van der Waals surface area contributed by atoms with Gasteiger partial charge in [0.15, 0.2) is 11.2 Å². The summed E-state index contributed by atoms with van der Waals surface area (Å²) in [6.45, 7) is 4.02. The normalized spacial score (nSPS) is 13.4. The lowest BCUT2D eigenvalue weighted by molar-refractivity contribution is -0.130. The van der Waals surface area contributed by atoms with Crippen LogP contribution in [0.5, 0.6) is 0 Å². The van der Waals surface area contributed by atoms with Gasteiger partial charge >= 0.3 is 0 Å². The van der Waals surface area contributed by atoms with Crippen LogP contribution < -0.4 is 0 Å². The van der Waals surface area contributed by atoms with Crippen LogP contribution in [0.4, 0.5) is 0 Å². The van der Waals surface area contributed by atoms with Crippen LogP contribution in [0.25, 0.3) is 0 Å². The third-order valence-electron chi connectivity index (χ3n) is 10.4. The van der Waals surface area contributed by atoms with Gasteiger partial charge in [0.2, 0.25) is 11.6 Å². The molecule has 10 heteroatoms. The Hall–Kier alpha value is -7.44. The number of hydrogen-bond acceptors (Lipinski definition) is 8. The average molecular weight is 853 g/mol. The number of carbonyl (C=O) groups is 4. The largest absolute Gasteiger partial charge is 0.378 e. The summed E-state index contributed by atoms with van der Waals surface area (Å²) in [7, 11) is 0. The molecule has 2 fully saturated rings. The summed E-state index contributed by atoms with van der Waals surface area (Å²) >= 11 is 0. The molecule has 10 nitrogen and oxygen atoms in total. The predicted molar refractivity (Wildman–Crippen MR) is 244 cm³/mol. The van der Waals surface area contributed by atoms with E-state index in [0.717, 1.165) is 0 Å². The Kier molecular flexibility index (Phi) is 16.7. The molecule has 0 spiro atoms. The number of ether oxygens (including phenoxy) is 2. The van der Waals surface area contributed by atoms with E-state index in [-0.39, 0.29) is 0 Å². The molecule has 6 aromatic carbocycles. The molecule has 0 radical (unpaired) electrons. The molecule has 0 aromatic heterocycles. The summed E-state index contributed by atoms with van der Waals surface area (Å²) < 4.78 is 10.3. The fraction of sp³-hybridized carbons (Fsp3) is 0.185. The maximum atomic E-state index is 11.8. The average Bonchev–Trinajstić information content (AvgIpc) is 3.39. The van der Waals surface area contributed by atoms with E-state index in [1.54, 1.807) is 58.3 Å². The SMILES string of the molecule is O=C(C(=O)N1CCOCC1)c1ccccc1.O=C(C(=O)N1CCOCC1)c1ccccc1.OC(C#CC#CC(O)(c1ccccc1)c1ccccc1)(c1ccccc1)c1ccccc1. The van der Waals surface area contributed by atoms with Crippen LogP contribution in [0, 0.1) is 23.7 Å². The van der Waals surface area contributed by atoms with Gasteiger partial charge in [-0.2, -0.15) is 0 Å². The highest BCUT2D eigenvalue weighted by Gasteiger charge is 2.31. The zero-order valence-corrected chi connectivity index (χ0v) is 35.2. The Labute approximate surface area is 373 Å². The molecule has 2 heterocycles. The van der Waals surface area contributed by atoms with Gasteiger partial charge in [-0.25, -0.2) is 0 Å². The van der Waals surface area contributed by atoms with E-state index in [4.69, 9.17) is 9.47 Å². The molecule has 2 amide bonds. The summed E-state index contributed by atoms with van der Waals surface area (Å²) in [6.07, 6.45) is 0. The molecule has 0 atom stereocenters. The first kappa shape index (κ1) is 46.1. The Balaban J connectivity index is 0.000000178. The zero-order valence-electron chi connectivity index (χ0n) is 35.2. The maximum absolute atomic E-state index is 11.8. The van der Waals surface area contributed by atoms with E-state index in [1.807, 2.05) is 133 Å². The maximum Gasteiger partial charge on any atom is 0.295 e. The van der Waals surface area contributed by atoms with Crippen molar-refractivity contribution in [1.29, 1.82) is 0 Å². The van der Waals surface area contributed by atoms with Crippen molar-refractivity contribution in [2.24, 2.45) is 0 Å². The van der Waals surface area contributed by atoms with Crippen molar-refractivity contribution in [2.75, 3.05) is 52.6 Å². The lowest BCUT2D eigenvalue weighted by Crippen LogP contribution is -2.44. The van der Waals surface area contributed by atoms with E-state index in [9.17, 15) is 29.4 Å². The summed E-state index contributed by atoms with van der Waals surface area (Å²) in [6, 6.07) is 54.4. The van der Waals surface area contributed by atoms with Gasteiger partial charge < -0.3 is 29.5 Å². The number of hydrogen-bond donors (Lipinski definition) is 2. The Bertz CT molecular complexity index is 2300. The first-order chi connectivity index (χ1) is 31.2. The summed E-state index contributed by atoms with van der Waals surface area (Å²) in [4.78, 5) is 50.3. The van der Waals surface area contributed by atoms with E-state index in [2.05, 4.69) is 23.7 Å². The number of Topliss-reactive ketones (excluding diaryl/α,β-unsaturated/α-hetero) is 2. The minimum Gasteiger partial charge on any atom is -0.378 e. The van der Waals surface area contributed by atoms with Crippen molar-refractivity contribution in [2.45, 2.75) is 11.2 Å². The van der Waals surface area contributed by atoms with Crippen LogP contribution in [-0.2, 0) is 30.3 Å². The number of rotatable bonds is 8. The van der Waals surface area contributed by atoms with Gasteiger partial charge in [0, 0.05) is 59.6 Å². The van der Waals surface area contributed by atoms with Crippen LogP contribution in [0.1, 0.15) is 43.0 Å². The quantitative estimate of drug-likeness (QED) is 0.103. The van der Waals surface area contributed by atoms with Crippen molar-refractivity contribution in [1.82, 2.24) is 9.80 Å². The second kappa shape index (κ2) is 23.1. The minimum absolute atomic E-state index is 0.436. The van der Waals surface area contributed by atoms with E-state index < -0.39 is 34.6 Å². The number of morpholine rings is 2. The first-order valence-corrected chi connectivity index (χ1v) is 20.8. The Morgan fingerprint density at radius 3 is 0.875 bits per heavy atom. The molecule has 0 bridgehead atoms. The first-order valence-electron chi connectivity index (χ1n) is 20.8. The lowest BCUT2D eigenvalue weighted by Gasteiger charge is -2.26. The van der Waals surface area contributed by atoms with Crippen LogP contribution in [0.2, 0.25) is 0 Å². The van der Waals surface area contributed by atoms with Crippen LogP contribution in [0.15, 0.2) is 182 Å². The second-order valence-corrected chi connectivity index (χ2v) is 14.6. The molecule has 322 valence electrons. The molecular weight excluding hydrogens is 805 g/mol. The van der Waals surface area contributed by atoms with Crippen molar-refractivity contribution in [3.8, 4) is 23.7 Å². The van der Waals surface area contributed by atoms with Gasteiger partial charge in [0.1, 0.15) is 0 Å². The van der Waals surface area contributed by atoms with Crippen LogP contribution in [-0.4, -0.2) is 96.0 Å². The van der Waals surface area contributed by atoms with E-state index in [1.165, 1.54) is 0 Å². The molecule has 2 saturated heterocycles. The van der Waals surface area contributed by atoms with Gasteiger partial charge in [-0.3, -0.25) is 19.2 Å². The molecular formula is C54H48N2O8. The van der Waals surface area contributed by atoms with Gasteiger partial charge in [0.25, 0.3) is 11.8 Å². The van der Waals surface area contributed by atoms with Crippen LogP contribution in [0.3, 0.4) is 0 Å². The predicted octanol–water partition coefficient (Wildman–Crippen LogP) is 6.32. The number of ketones is 2. The molecule has 2 N–H and O–H groups in total. The molecule has 6 aromatic rings. The fourth-order valence-electron chi connectivity index (χ4n) is 6.83. The highest BCUT2D eigenvalue weighted by molar-refractivity contribution is 6.43. The number of amides is 2. The second-order valence-electron chi connectivity index (χ2n) is 14.6. The van der Waals surface area contributed by atoms with Gasteiger partial charge in [-0.15, -0.1) is 0 Å². The standard InChI is InChI=1S/C30H22O2.2C12H13NO3/c31-29(25-15-5-1-6-16-25,26-17-7-2-8-18-26)23-13-14-24-30(32,27-19-9-3-10-20-27)28-21-11-4-12-22-28;2*14-11(10-4-2-1-3-5-10)12(15)13-6-8-16-9-7-13/h1-12,15-22,31-32H;2*1-5H,6-9H2. The van der Waals surface area contributed by atoms with Crippen molar-refractivity contribution >= 4 is 23.4 Å². The monoisotopic (exact) mass is 852 g/mol. The van der Waals surface area contributed by atoms with Gasteiger partial charge in [-0.1, -0.05) is 182 Å². The molecule has 2 aliphatic heterocycles. The number of nitrogens with zero attached hydrogens (tertiary/aromatic N) is 2. The van der Waals surface area contributed by atoms with E-state index in [0.29, 0.717) is 86.0 Å². The summed E-state index contributed by atoms with van der Waals surface area (Å²) in [5.41, 5.74) is 0.467. The number of carbonyl (C=O) groups excluding carboxylic acids is 4. The van der Waals surface area contributed by atoms with Crippen molar-refractivity contribution in [3.05, 3.63) is 215 Å². The summed E-state index contributed by atoms with van der Waals surface area (Å²) in [5.74, 6) is 9.69. The Morgan fingerprint density at radius 1 is 0.391 bits per heavy atom. The topological polar surface area (TPSA) is 134 Å². The Morgan fingerprint density at radius 2 is 0.625 bits per heavy atom. The van der Waals surface area contributed by atoms with E-state index >= 15 is 0 Å². The highest BCUT2D eigenvalue weighted by Crippen LogP contribution is 2.30. The van der Waals surface area contributed by atoms with Crippen molar-refractivity contribution < 1.29 is 38.9 Å². The van der Waals surface area contributed by atoms with Gasteiger partial charge in [-0.05, 0) is 23.7 Å². The number of benzene rings is 6. The molecule has 0 aliphatic carbocycles. The van der Waals surface area contributed by atoms with Crippen molar-refractivity contribution in [3.63, 3.8) is 0 Å². The molecule has 64 heavy (non-hydrogen) atoms. The summed E-state index contributed by atoms with van der Waals surface area (Å²) in [5, 5.41) is 23.0. The fourth-order valence-corrected chi connectivity index (χ4v) is 6.83. The highest BCUT2D eigenvalue weighted by atomic mass is 16.5. The van der Waals surface area contributed by atoms with Crippen LogP contribution >= 0.6 is 0 Å². The zero-order chi connectivity index (χ0) is 45.0. The molecule has 0 saturated carbocycles. The third-order valence-corrected chi connectivity index (χ3v) is 10.4. The third kappa shape index (κ3) is 12.1. The molecule has 0 unspecified atom stereocenters. The minimum atomic E-state index is -1.52. The lowest BCUT2D eigenvalue weighted by atomic mass is 9.86. The molecule has 2 aliphatic rings. The molecule has 8 rings (SSSR count).